The van der Waals surface area contributed by atoms with Crippen LogP contribution in [-0.2, 0) is 9.84 Å². The molecule has 0 amide bonds. The fraction of sp³-hybridized carbons (Fsp3) is 0.467. The summed E-state index contributed by atoms with van der Waals surface area (Å²) in [5.41, 5.74) is 2.42. The highest BCUT2D eigenvalue weighted by molar-refractivity contribution is 7.94. The number of rotatable bonds is 7. The summed E-state index contributed by atoms with van der Waals surface area (Å²) in [6, 6.07) is 0. The Hall–Kier alpha value is -1.09. The molecular weight excluding hydrogens is 244 g/mol. The van der Waals surface area contributed by atoms with Crippen LogP contribution in [0.5, 0.6) is 0 Å². The van der Waals surface area contributed by atoms with E-state index in [2.05, 4.69) is 19.9 Å². The molecule has 0 aliphatic heterocycles. The van der Waals surface area contributed by atoms with Gasteiger partial charge in [-0.3, -0.25) is 0 Å². The van der Waals surface area contributed by atoms with Crippen LogP contribution in [-0.4, -0.2) is 14.2 Å². The Morgan fingerprint density at radius 1 is 1.06 bits per heavy atom. The maximum Gasteiger partial charge on any atom is 0.175 e. The van der Waals surface area contributed by atoms with Crippen molar-refractivity contribution in [1.82, 2.24) is 0 Å². The average Bonchev–Trinajstić information content (AvgIpc) is 2.26. The zero-order valence-electron chi connectivity index (χ0n) is 11.8. The van der Waals surface area contributed by atoms with Crippen molar-refractivity contribution in [3.63, 3.8) is 0 Å². The first-order valence-electron chi connectivity index (χ1n) is 6.18. The summed E-state index contributed by atoms with van der Waals surface area (Å²) in [5, 5.41) is 1.26. The third-order valence-corrected chi connectivity index (χ3v) is 3.55. The van der Waals surface area contributed by atoms with Gasteiger partial charge in [0.15, 0.2) is 9.84 Å². The van der Waals surface area contributed by atoms with Crippen LogP contribution in [0.3, 0.4) is 0 Å². The molecule has 0 radical (unpaired) electrons. The van der Waals surface area contributed by atoms with E-state index < -0.39 is 9.84 Å². The third kappa shape index (κ3) is 10.1. The van der Waals surface area contributed by atoms with Crippen molar-refractivity contribution < 1.29 is 8.42 Å². The van der Waals surface area contributed by atoms with Crippen LogP contribution in [0.1, 0.15) is 40.5 Å². The first-order valence-corrected chi connectivity index (χ1v) is 7.90. The van der Waals surface area contributed by atoms with Crippen LogP contribution in [0, 0.1) is 0 Å². The summed E-state index contributed by atoms with van der Waals surface area (Å²) in [5.74, 6) is 0.0850. The quantitative estimate of drug-likeness (QED) is 0.512. The number of hydrogen-bond donors (Lipinski definition) is 0. The minimum Gasteiger partial charge on any atom is -0.224 e. The van der Waals surface area contributed by atoms with E-state index in [1.807, 2.05) is 13.8 Å². The van der Waals surface area contributed by atoms with Gasteiger partial charge >= 0.3 is 0 Å². The minimum absolute atomic E-state index is 0.0850. The maximum atomic E-state index is 11.6. The second kappa shape index (κ2) is 8.92. The molecule has 0 unspecified atom stereocenters. The lowest BCUT2D eigenvalue weighted by Crippen LogP contribution is -1.99. The summed E-state index contributed by atoms with van der Waals surface area (Å²) in [6.45, 7) is 7.96. The Balaban J connectivity index is 4.32. The van der Waals surface area contributed by atoms with Crippen LogP contribution >= 0.6 is 0 Å². The zero-order chi connectivity index (χ0) is 14.0. The molecular formula is C15H24O2S. The Bertz CT molecular complexity index is 445. The largest absolute Gasteiger partial charge is 0.224 e. The summed E-state index contributed by atoms with van der Waals surface area (Å²) < 4.78 is 23.2. The number of sulfone groups is 1. The van der Waals surface area contributed by atoms with E-state index >= 15 is 0 Å². The molecule has 0 aromatic rings. The first-order chi connectivity index (χ1) is 8.37. The predicted octanol–water partition coefficient (Wildman–Crippen LogP) is 4.18. The van der Waals surface area contributed by atoms with Crippen molar-refractivity contribution in [1.29, 1.82) is 0 Å². The van der Waals surface area contributed by atoms with Gasteiger partial charge in [-0.05, 0) is 40.5 Å². The van der Waals surface area contributed by atoms with Crippen LogP contribution < -0.4 is 0 Å². The molecule has 0 atom stereocenters. The third-order valence-electron chi connectivity index (χ3n) is 2.34. The van der Waals surface area contributed by atoms with Crippen molar-refractivity contribution in [3.8, 4) is 0 Å². The SMILES string of the molecule is CC=CC=CS(=O)(=O)C/C=C(\C)CCC=C(C)C. The van der Waals surface area contributed by atoms with Gasteiger partial charge in [0.25, 0.3) is 0 Å². The molecule has 102 valence electrons. The molecule has 0 spiro atoms. The summed E-state index contributed by atoms with van der Waals surface area (Å²) in [4.78, 5) is 0. The van der Waals surface area contributed by atoms with Gasteiger partial charge in [0.1, 0.15) is 0 Å². The van der Waals surface area contributed by atoms with Crippen molar-refractivity contribution >= 4 is 9.84 Å². The molecule has 0 saturated carbocycles. The molecule has 0 N–H and O–H groups in total. The average molecular weight is 268 g/mol. The topological polar surface area (TPSA) is 34.1 Å². The number of hydrogen-bond acceptors (Lipinski definition) is 2. The molecule has 0 aromatic heterocycles. The summed E-state index contributed by atoms with van der Waals surface area (Å²) >= 11 is 0. The lowest BCUT2D eigenvalue weighted by Gasteiger charge is -1.99. The van der Waals surface area contributed by atoms with Crippen molar-refractivity contribution in [2.75, 3.05) is 5.75 Å². The molecule has 2 nitrogen and oxygen atoms in total. The van der Waals surface area contributed by atoms with E-state index in [0.717, 1.165) is 18.4 Å². The predicted molar refractivity (Wildman–Crippen MR) is 80.2 cm³/mol. The van der Waals surface area contributed by atoms with Gasteiger partial charge in [0.2, 0.25) is 0 Å². The smallest absolute Gasteiger partial charge is 0.175 e. The van der Waals surface area contributed by atoms with Crippen LogP contribution in [0.25, 0.3) is 0 Å². The molecule has 0 heterocycles. The van der Waals surface area contributed by atoms with Gasteiger partial charge in [0.05, 0.1) is 5.75 Å². The van der Waals surface area contributed by atoms with Gasteiger partial charge in [-0.15, -0.1) is 0 Å². The van der Waals surface area contributed by atoms with Gasteiger partial charge in [0, 0.05) is 5.41 Å². The zero-order valence-corrected chi connectivity index (χ0v) is 12.6. The van der Waals surface area contributed by atoms with Crippen LogP contribution in [0.4, 0.5) is 0 Å². The van der Waals surface area contributed by atoms with Crippen molar-refractivity contribution in [2.45, 2.75) is 40.5 Å². The van der Waals surface area contributed by atoms with E-state index in [9.17, 15) is 8.42 Å². The Morgan fingerprint density at radius 2 is 1.72 bits per heavy atom. The maximum absolute atomic E-state index is 11.6. The van der Waals surface area contributed by atoms with Crippen molar-refractivity contribution in [2.24, 2.45) is 0 Å². The monoisotopic (exact) mass is 268 g/mol. The van der Waals surface area contributed by atoms with E-state index in [4.69, 9.17) is 0 Å². The molecule has 0 rings (SSSR count). The Morgan fingerprint density at radius 3 is 2.28 bits per heavy atom. The molecule has 0 aliphatic rings. The lowest BCUT2D eigenvalue weighted by molar-refractivity contribution is 0.607. The number of allylic oxidation sites excluding steroid dienone is 6. The highest BCUT2D eigenvalue weighted by atomic mass is 32.2. The molecule has 0 bridgehead atoms. The van der Waals surface area contributed by atoms with Gasteiger partial charge in [-0.2, -0.15) is 0 Å². The standard InChI is InChI=1S/C15H24O2S/c1-5-6-7-12-18(16,17)13-11-15(4)10-8-9-14(2)3/h5-7,9,11-12H,8,10,13H2,1-4H3/b6-5?,12-7?,15-11+. The van der Waals surface area contributed by atoms with Gasteiger partial charge < -0.3 is 0 Å². The highest BCUT2D eigenvalue weighted by Crippen LogP contribution is 2.07. The molecule has 0 saturated heterocycles. The Labute approximate surface area is 112 Å². The normalized spacial score (nSPS) is 13.4. The van der Waals surface area contributed by atoms with E-state index in [1.165, 1.54) is 11.0 Å². The molecule has 18 heavy (non-hydrogen) atoms. The van der Waals surface area contributed by atoms with E-state index in [-0.39, 0.29) is 5.75 Å². The second-order valence-electron chi connectivity index (χ2n) is 4.55. The Kier molecular flexibility index (Phi) is 8.38. The van der Waals surface area contributed by atoms with Gasteiger partial charge in [-0.1, -0.05) is 41.5 Å². The lowest BCUT2D eigenvalue weighted by atomic mass is 10.1. The highest BCUT2D eigenvalue weighted by Gasteiger charge is 2.02. The fourth-order valence-corrected chi connectivity index (χ4v) is 2.24. The van der Waals surface area contributed by atoms with Crippen molar-refractivity contribution in [3.05, 3.63) is 46.9 Å². The van der Waals surface area contributed by atoms with Crippen LogP contribution in [0.2, 0.25) is 0 Å². The van der Waals surface area contributed by atoms with Gasteiger partial charge in [-0.25, -0.2) is 8.42 Å². The van der Waals surface area contributed by atoms with Crippen LogP contribution in [0.15, 0.2) is 46.9 Å². The van der Waals surface area contributed by atoms with E-state index in [0.29, 0.717) is 0 Å². The molecule has 0 aromatic carbocycles. The second-order valence-corrected chi connectivity index (χ2v) is 6.49. The molecule has 0 fully saturated rings. The summed E-state index contributed by atoms with van der Waals surface area (Å²) in [7, 11) is -3.11. The summed E-state index contributed by atoms with van der Waals surface area (Å²) in [6.07, 6.45) is 10.9. The molecule has 3 heteroatoms. The van der Waals surface area contributed by atoms with E-state index in [1.54, 1.807) is 24.3 Å². The minimum atomic E-state index is -3.11. The molecule has 0 aliphatic carbocycles. The fourth-order valence-electron chi connectivity index (χ4n) is 1.28. The first kappa shape index (κ1) is 16.9.